The Morgan fingerprint density at radius 2 is 1.91 bits per heavy atom. The molecular formula is C34H36F3N5O3. The minimum Gasteiger partial charge on any atom is -0.508 e. The van der Waals surface area contributed by atoms with E-state index in [1.807, 2.05) is 6.92 Å². The zero-order chi connectivity index (χ0) is 31.0. The number of aliphatic hydroxyl groups is 1. The number of hydrogen-bond donors (Lipinski definition) is 2. The second-order valence-electron chi connectivity index (χ2n) is 13.3. The van der Waals surface area contributed by atoms with Crippen LogP contribution in [0, 0.1) is 11.6 Å². The number of aliphatic hydroxyl groups excluding tert-OH is 1. The molecule has 0 aliphatic carbocycles. The molecule has 4 aromatic rings. The van der Waals surface area contributed by atoms with E-state index < -0.39 is 29.4 Å². The summed E-state index contributed by atoms with van der Waals surface area (Å²) >= 11 is 0. The summed E-state index contributed by atoms with van der Waals surface area (Å²) in [6, 6.07) is 5.92. The Balaban J connectivity index is 1.29. The van der Waals surface area contributed by atoms with E-state index in [1.165, 1.54) is 18.2 Å². The number of hydrogen-bond acceptors (Lipinski definition) is 8. The maximum Gasteiger partial charge on any atom is 0.319 e. The van der Waals surface area contributed by atoms with Crippen molar-refractivity contribution in [1.82, 2.24) is 19.9 Å². The first-order chi connectivity index (χ1) is 21.7. The lowest BCUT2D eigenvalue weighted by molar-refractivity contribution is 0.107. The molecule has 236 valence electrons. The lowest BCUT2D eigenvalue weighted by atomic mass is 9.94. The van der Waals surface area contributed by atoms with Gasteiger partial charge < -0.3 is 19.8 Å². The Morgan fingerprint density at radius 1 is 1.11 bits per heavy atom. The smallest absolute Gasteiger partial charge is 0.319 e. The maximum atomic E-state index is 16.9. The standard InChI is InChI=1S/C34H36F3N5O3/c1-2-24-27(36)7-4-18-10-22(43)13-25(28(18)24)30-29(37)31-26(15-38-30)32(42-20-5-6-21(42)12-23(44)11-20)40-33(39-31)45-17-34-8-3-9-41(34)16-19(35)14-34/h4,7,10,13,15,19-21,23,43-44H,2-3,5-6,8-9,11-12,14,16-17H2,1H3/t19-,20+,21?,23?,34+/m1/s1. The van der Waals surface area contributed by atoms with Crippen LogP contribution in [0.25, 0.3) is 32.9 Å². The molecule has 0 amide bonds. The average molecular weight is 620 g/mol. The summed E-state index contributed by atoms with van der Waals surface area (Å²) in [5.41, 5.74) is 0.183. The fourth-order valence-electron chi connectivity index (χ4n) is 8.64. The number of ether oxygens (including phenoxy) is 1. The number of nitrogens with zero attached hydrogens (tertiary/aromatic N) is 5. The third kappa shape index (κ3) is 4.61. The predicted octanol–water partition coefficient (Wildman–Crippen LogP) is 5.84. The molecule has 4 aliphatic heterocycles. The van der Waals surface area contributed by atoms with Gasteiger partial charge in [0.2, 0.25) is 0 Å². The van der Waals surface area contributed by atoms with Crippen LogP contribution in [0.5, 0.6) is 11.8 Å². The summed E-state index contributed by atoms with van der Waals surface area (Å²) < 4.78 is 52.5. The van der Waals surface area contributed by atoms with Crippen LogP contribution in [0.4, 0.5) is 19.0 Å². The van der Waals surface area contributed by atoms with E-state index in [0.717, 1.165) is 32.2 Å². The van der Waals surface area contributed by atoms with Crippen LogP contribution in [0.3, 0.4) is 0 Å². The van der Waals surface area contributed by atoms with E-state index in [2.05, 4.69) is 19.8 Å². The number of aromatic hydroxyl groups is 1. The van der Waals surface area contributed by atoms with Gasteiger partial charge in [-0.15, -0.1) is 0 Å². The SMILES string of the molecule is CCc1c(F)ccc2cc(O)cc(-c3ncc4c(N5C6CC[C@H]5CC(O)C6)nc(OC[C@@]56CCCN5C[C@H](F)C6)nc4c3F)c12. The van der Waals surface area contributed by atoms with Crippen LogP contribution in [0.1, 0.15) is 57.4 Å². The molecule has 2 unspecified atom stereocenters. The number of phenols is 1. The first-order valence-corrected chi connectivity index (χ1v) is 16.0. The van der Waals surface area contributed by atoms with Crippen LogP contribution in [0.2, 0.25) is 0 Å². The van der Waals surface area contributed by atoms with Crippen molar-refractivity contribution < 1.29 is 28.1 Å². The van der Waals surface area contributed by atoms with Crippen molar-refractivity contribution in [3.8, 4) is 23.0 Å². The van der Waals surface area contributed by atoms with E-state index >= 15 is 4.39 Å². The zero-order valence-electron chi connectivity index (χ0n) is 25.1. The molecule has 8 rings (SSSR count). The molecule has 2 bridgehead atoms. The number of piperidine rings is 1. The number of anilines is 1. The Kier molecular flexibility index (Phi) is 6.83. The number of phenolic OH excluding ortho intramolecular Hbond substituents is 1. The summed E-state index contributed by atoms with van der Waals surface area (Å²) in [6.07, 6.45) is 5.67. The van der Waals surface area contributed by atoms with Gasteiger partial charge in [0, 0.05) is 36.8 Å². The van der Waals surface area contributed by atoms with E-state index in [9.17, 15) is 19.0 Å². The monoisotopic (exact) mass is 619 g/mol. The van der Waals surface area contributed by atoms with Gasteiger partial charge in [0.1, 0.15) is 41.4 Å². The van der Waals surface area contributed by atoms with Crippen LogP contribution >= 0.6 is 0 Å². The number of benzene rings is 2. The highest BCUT2D eigenvalue weighted by molar-refractivity contribution is 6.01. The molecule has 0 spiro atoms. The van der Waals surface area contributed by atoms with Gasteiger partial charge in [-0.1, -0.05) is 13.0 Å². The minimum absolute atomic E-state index is 0.00339. The van der Waals surface area contributed by atoms with E-state index in [0.29, 0.717) is 59.8 Å². The van der Waals surface area contributed by atoms with Gasteiger partial charge in [-0.3, -0.25) is 9.88 Å². The largest absolute Gasteiger partial charge is 0.508 e. The molecule has 45 heavy (non-hydrogen) atoms. The molecule has 4 fully saturated rings. The molecule has 6 heterocycles. The average Bonchev–Trinajstić information content (AvgIpc) is 3.63. The van der Waals surface area contributed by atoms with Gasteiger partial charge in [-0.05, 0) is 86.0 Å². The second kappa shape index (κ2) is 10.7. The van der Waals surface area contributed by atoms with E-state index in [4.69, 9.17) is 9.72 Å². The van der Waals surface area contributed by atoms with Crippen molar-refractivity contribution in [3.05, 3.63) is 47.7 Å². The first-order valence-electron chi connectivity index (χ1n) is 16.0. The Hall–Kier alpha value is -3.70. The third-order valence-electron chi connectivity index (χ3n) is 10.6. The molecule has 4 aliphatic rings. The molecule has 8 nitrogen and oxygen atoms in total. The summed E-state index contributed by atoms with van der Waals surface area (Å²) in [5.74, 6) is -0.728. The van der Waals surface area contributed by atoms with Crippen LogP contribution in [0.15, 0.2) is 30.5 Å². The predicted molar refractivity (Wildman–Crippen MR) is 164 cm³/mol. The highest BCUT2D eigenvalue weighted by atomic mass is 19.1. The van der Waals surface area contributed by atoms with Crippen molar-refractivity contribution in [3.63, 3.8) is 0 Å². The molecular weight excluding hydrogens is 583 g/mol. The highest BCUT2D eigenvalue weighted by Gasteiger charge is 2.49. The lowest BCUT2D eigenvalue weighted by Gasteiger charge is -2.38. The summed E-state index contributed by atoms with van der Waals surface area (Å²) in [7, 11) is 0. The number of rotatable bonds is 6. The van der Waals surface area contributed by atoms with Gasteiger partial charge in [-0.25, -0.2) is 13.2 Å². The van der Waals surface area contributed by atoms with Crippen molar-refractivity contribution in [2.45, 2.75) is 88.2 Å². The normalized spacial score (nSPS) is 28.0. The van der Waals surface area contributed by atoms with Gasteiger partial charge in [0.25, 0.3) is 0 Å². The number of halogens is 3. The van der Waals surface area contributed by atoms with E-state index in [1.54, 1.807) is 12.3 Å². The van der Waals surface area contributed by atoms with Crippen LogP contribution < -0.4 is 9.64 Å². The van der Waals surface area contributed by atoms with Gasteiger partial charge in [0.15, 0.2) is 5.82 Å². The Morgan fingerprint density at radius 3 is 2.69 bits per heavy atom. The number of aromatic nitrogens is 3. The maximum absolute atomic E-state index is 16.9. The van der Waals surface area contributed by atoms with Crippen molar-refractivity contribution in [1.29, 1.82) is 0 Å². The second-order valence-corrected chi connectivity index (χ2v) is 13.3. The van der Waals surface area contributed by atoms with E-state index in [-0.39, 0.29) is 47.2 Å². The molecule has 5 atom stereocenters. The van der Waals surface area contributed by atoms with Gasteiger partial charge in [-0.2, -0.15) is 9.97 Å². The van der Waals surface area contributed by atoms with Crippen LogP contribution in [-0.2, 0) is 6.42 Å². The molecule has 4 saturated heterocycles. The van der Waals surface area contributed by atoms with Crippen molar-refractivity contribution >= 4 is 27.5 Å². The number of pyridine rings is 1. The third-order valence-corrected chi connectivity index (χ3v) is 10.6. The Labute approximate surface area is 258 Å². The topological polar surface area (TPSA) is 94.8 Å². The minimum atomic E-state index is -0.918. The van der Waals surface area contributed by atoms with Gasteiger partial charge >= 0.3 is 6.01 Å². The van der Waals surface area contributed by atoms with Crippen molar-refractivity contribution in [2.24, 2.45) is 0 Å². The molecule has 0 radical (unpaired) electrons. The molecule has 2 aromatic heterocycles. The first kappa shape index (κ1) is 28.8. The zero-order valence-corrected chi connectivity index (χ0v) is 25.1. The van der Waals surface area contributed by atoms with Crippen molar-refractivity contribution in [2.75, 3.05) is 24.6 Å². The lowest BCUT2D eigenvalue weighted by Crippen LogP contribution is -2.45. The summed E-state index contributed by atoms with van der Waals surface area (Å²) in [6.45, 7) is 3.22. The quantitative estimate of drug-likeness (QED) is 0.278. The highest BCUT2D eigenvalue weighted by Crippen LogP contribution is 2.44. The fraction of sp³-hybridized carbons (Fsp3) is 0.500. The fourth-order valence-corrected chi connectivity index (χ4v) is 8.64. The molecule has 0 saturated carbocycles. The molecule has 2 aromatic carbocycles. The summed E-state index contributed by atoms with van der Waals surface area (Å²) in [5, 5.41) is 22.5. The van der Waals surface area contributed by atoms with Gasteiger partial charge in [0.05, 0.1) is 17.0 Å². The molecule has 2 N–H and O–H groups in total. The number of alkyl halides is 1. The number of aryl methyl sites for hydroxylation is 1. The Bertz CT molecular complexity index is 1810. The summed E-state index contributed by atoms with van der Waals surface area (Å²) in [4.78, 5) is 18.3. The number of fused-ring (bicyclic) bond motifs is 5. The van der Waals surface area contributed by atoms with Crippen LogP contribution in [-0.4, -0.2) is 79.7 Å². The molecule has 11 heteroatoms.